The molecule has 0 spiro atoms. The zero-order valence-corrected chi connectivity index (χ0v) is 15.3. The van der Waals surface area contributed by atoms with Gasteiger partial charge in [-0.25, -0.2) is 9.48 Å². The molecule has 26 heavy (non-hydrogen) atoms. The van der Waals surface area contributed by atoms with Gasteiger partial charge in [-0.3, -0.25) is 4.79 Å². The Kier molecular flexibility index (Phi) is 5.40. The van der Waals surface area contributed by atoms with E-state index in [4.69, 9.17) is 27.9 Å². The van der Waals surface area contributed by atoms with E-state index in [1.165, 1.54) is 4.68 Å². The molecule has 3 aromatic rings. The fourth-order valence-electron chi connectivity index (χ4n) is 2.39. The number of halogens is 2. The third-order valence-corrected chi connectivity index (χ3v) is 4.31. The second-order valence-electron chi connectivity index (χ2n) is 5.50. The van der Waals surface area contributed by atoms with Gasteiger partial charge in [-0.15, -0.1) is 0 Å². The van der Waals surface area contributed by atoms with Crippen LogP contribution in [0, 0.1) is 6.92 Å². The maximum atomic E-state index is 12.4. The predicted octanol–water partition coefficient (Wildman–Crippen LogP) is 4.53. The van der Waals surface area contributed by atoms with E-state index in [1.54, 1.807) is 31.2 Å². The van der Waals surface area contributed by atoms with Gasteiger partial charge in [0, 0.05) is 10.6 Å². The first-order valence-electron chi connectivity index (χ1n) is 7.74. The molecule has 0 saturated carbocycles. The normalized spacial score (nSPS) is 10.6. The molecule has 7 heteroatoms. The number of aromatic nitrogens is 2. The van der Waals surface area contributed by atoms with Crippen LogP contribution >= 0.6 is 23.2 Å². The summed E-state index contributed by atoms with van der Waals surface area (Å²) in [5.41, 5.74) is 1.68. The minimum absolute atomic E-state index is 0.137. The third-order valence-electron chi connectivity index (χ3n) is 3.71. The monoisotopic (exact) mass is 388 g/mol. The molecule has 0 amide bonds. The lowest BCUT2D eigenvalue weighted by Crippen LogP contribution is -2.15. The van der Waals surface area contributed by atoms with Crippen LogP contribution in [0.5, 0.6) is 0 Å². The van der Waals surface area contributed by atoms with Crippen LogP contribution in [0.15, 0.2) is 54.6 Å². The molecule has 0 N–H and O–H groups in total. The molecule has 3 rings (SSSR count). The number of hydrogen-bond donors (Lipinski definition) is 0. The summed E-state index contributed by atoms with van der Waals surface area (Å²) in [7, 11) is 0. The van der Waals surface area contributed by atoms with Crippen LogP contribution < -0.4 is 0 Å². The van der Waals surface area contributed by atoms with Crippen molar-refractivity contribution in [3.63, 3.8) is 0 Å². The zero-order valence-electron chi connectivity index (χ0n) is 13.8. The number of hydrogen-bond acceptors (Lipinski definition) is 4. The molecule has 1 heterocycles. The van der Waals surface area contributed by atoms with Crippen molar-refractivity contribution in [3.05, 3.63) is 81.6 Å². The number of ketones is 1. The molecule has 132 valence electrons. The van der Waals surface area contributed by atoms with Gasteiger partial charge in [0.1, 0.15) is 10.7 Å². The second-order valence-corrected chi connectivity index (χ2v) is 6.30. The minimum atomic E-state index is -0.697. The highest BCUT2D eigenvalue weighted by molar-refractivity contribution is 6.33. The van der Waals surface area contributed by atoms with Crippen LogP contribution in [0.4, 0.5) is 0 Å². The lowest BCUT2D eigenvalue weighted by molar-refractivity contribution is 0.0474. The molecule has 0 aliphatic heterocycles. The fourth-order valence-corrected chi connectivity index (χ4v) is 2.87. The lowest BCUT2D eigenvalue weighted by atomic mass is 10.1. The first kappa shape index (κ1) is 18.2. The van der Waals surface area contributed by atoms with Crippen LogP contribution in [-0.4, -0.2) is 28.1 Å². The van der Waals surface area contributed by atoms with Crippen LogP contribution in [-0.2, 0) is 4.74 Å². The summed E-state index contributed by atoms with van der Waals surface area (Å²) in [5, 5.41) is 4.94. The molecule has 2 aromatic carbocycles. The van der Waals surface area contributed by atoms with Gasteiger partial charge in [0.05, 0.1) is 11.4 Å². The lowest BCUT2D eigenvalue weighted by Gasteiger charge is -2.05. The fraction of sp³-hybridized carbons (Fsp3) is 0.105. The van der Waals surface area contributed by atoms with Crippen LogP contribution in [0.2, 0.25) is 10.2 Å². The topological polar surface area (TPSA) is 61.2 Å². The van der Waals surface area contributed by atoms with Crippen molar-refractivity contribution in [1.82, 2.24) is 9.78 Å². The highest BCUT2D eigenvalue weighted by Gasteiger charge is 2.23. The Morgan fingerprint density at radius 2 is 1.69 bits per heavy atom. The number of esters is 1. The number of rotatable bonds is 5. The van der Waals surface area contributed by atoms with Crippen LogP contribution in [0.1, 0.15) is 26.4 Å². The van der Waals surface area contributed by atoms with Crippen molar-refractivity contribution >= 4 is 35.0 Å². The Morgan fingerprint density at radius 1 is 1.04 bits per heavy atom. The Bertz CT molecular complexity index is 951. The van der Waals surface area contributed by atoms with E-state index in [0.29, 0.717) is 16.3 Å². The first-order chi connectivity index (χ1) is 12.5. The van der Waals surface area contributed by atoms with Crippen molar-refractivity contribution in [1.29, 1.82) is 0 Å². The average molecular weight is 389 g/mol. The highest BCUT2D eigenvalue weighted by Crippen LogP contribution is 2.24. The quantitative estimate of drug-likeness (QED) is 0.475. The summed E-state index contributed by atoms with van der Waals surface area (Å²) < 4.78 is 6.58. The van der Waals surface area contributed by atoms with Crippen molar-refractivity contribution in [2.24, 2.45) is 0 Å². The van der Waals surface area contributed by atoms with Crippen LogP contribution in [0.25, 0.3) is 5.69 Å². The second kappa shape index (κ2) is 7.72. The van der Waals surface area contributed by atoms with Crippen LogP contribution in [0.3, 0.4) is 0 Å². The zero-order chi connectivity index (χ0) is 18.7. The Labute approximate surface area is 160 Å². The summed E-state index contributed by atoms with van der Waals surface area (Å²) in [6.07, 6.45) is 0. The standard InChI is InChI=1S/C19H14Cl2N2O3/c1-12-17(18(21)23(22-12)15-5-3-2-4-6-15)19(25)26-11-16(24)13-7-9-14(20)10-8-13/h2-10H,11H2,1H3. The van der Waals surface area contributed by atoms with E-state index >= 15 is 0 Å². The molecule has 0 aliphatic carbocycles. The summed E-state index contributed by atoms with van der Waals surface area (Å²) in [5.74, 6) is -1.03. The molecule has 0 fully saturated rings. The summed E-state index contributed by atoms with van der Waals surface area (Å²) in [6, 6.07) is 15.5. The molecule has 0 radical (unpaired) electrons. The number of aryl methyl sites for hydroxylation is 1. The molecular formula is C19H14Cl2N2O3. The summed E-state index contributed by atoms with van der Waals surface area (Å²) in [6.45, 7) is 1.26. The minimum Gasteiger partial charge on any atom is -0.454 e. The number of Topliss-reactive ketones (excluding diaryl/α,β-unsaturated/α-hetero) is 1. The molecule has 0 bridgehead atoms. The SMILES string of the molecule is Cc1nn(-c2ccccc2)c(Cl)c1C(=O)OCC(=O)c1ccc(Cl)cc1. The number of carbonyl (C=O) groups is 2. The van der Waals surface area contributed by atoms with E-state index in [2.05, 4.69) is 5.10 Å². The van der Waals surface area contributed by atoms with Gasteiger partial charge in [0.25, 0.3) is 0 Å². The number of carbonyl (C=O) groups excluding carboxylic acids is 2. The number of benzene rings is 2. The van der Waals surface area contributed by atoms with E-state index in [9.17, 15) is 9.59 Å². The van der Waals surface area contributed by atoms with Crippen molar-refractivity contribution < 1.29 is 14.3 Å². The van der Waals surface area contributed by atoms with E-state index in [-0.39, 0.29) is 16.5 Å². The Balaban J connectivity index is 1.75. The molecule has 0 atom stereocenters. The number of para-hydroxylation sites is 1. The van der Waals surface area contributed by atoms with Gasteiger partial charge in [-0.1, -0.05) is 41.4 Å². The van der Waals surface area contributed by atoms with Crippen molar-refractivity contribution in [3.8, 4) is 5.69 Å². The predicted molar refractivity (Wildman–Crippen MR) is 99.4 cm³/mol. The molecule has 0 saturated heterocycles. The molecule has 0 unspecified atom stereocenters. The van der Waals surface area contributed by atoms with Gasteiger partial charge in [-0.2, -0.15) is 5.10 Å². The van der Waals surface area contributed by atoms with E-state index in [0.717, 1.165) is 5.69 Å². The summed E-state index contributed by atoms with van der Waals surface area (Å²) in [4.78, 5) is 24.5. The molecule has 1 aromatic heterocycles. The number of ether oxygens (including phenoxy) is 1. The van der Waals surface area contributed by atoms with Gasteiger partial charge in [-0.05, 0) is 43.3 Å². The van der Waals surface area contributed by atoms with Gasteiger partial charge in [0.2, 0.25) is 0 Å². The Hall–Kier alpha value is -2.63. The smallest absolute Gasteiger partial charge is 0.343 e. The van der Waals surface area contributed by atoms with Crippen molar-refractivity contribution in [2.75, 3.05) is 6.61 Å². The van der Waals surface area contributed by atoms with Gasteiger partial charge < -0.3 is 4.74 Å². The number of nitrogens with zero attached hydrogens (tertiary/aromatic N) is 2. The van der Waals surface area contributed by atoms with E-state index < -0.39 is 12.6 Å². The molecule has 5 nitrogen and oxygen atoms in total. The average Bonchev–Trinajstić information content (AvgIpc) is 2.95. The molecule has 0 aliphatic rings. The maximum absolute atomic E-state index is 12.4. The van der Waals surface area contributed by atoms with E-state index in [1.807, 2.05) is 30.3 Å². The Morgan fingerprint density at radius 3 is 2.35 bits per heavy atom. The van der Waals surface area contributed by atoms with Crippen molar-refractivity contribution in [2.45, 2.75) is 6.92 Å². The van der Waals surface area contributed by atoms with Gasteiger partial charge >= 0.3 is 5.97 Å². The first-order valence-corrected chi connectivity index (χ1v) is 8.49. The summed E-state index contributed by atoms with van der Waals surface area (Å²) >= 11 is 12.1. The highest BCUT2D eigenvalue weighted by atomic mass is 35.5. The molecular weight excluding hydrogens is 375 g/mol. The largest absolute Gasteiger partial charge is 0.454 e. The maximum Gasteiger partial charge on any atom is 0.343 e. The third kappa shape index (κ3) is 3.79. The van der Waals surface area contributed by atoms with Gasteiger partial charge in [0.15, 0.2) is 12.4 Å².